The molecule has 0 saturated carbocycles. The molecule has 0 aromatic heterocycles. The van der Waals surface area contributed by atoms with E-state index in [4.69, 9.17) is 18.9 Å². The first kappa shape index (κ1) is 20.4. The topological polar surface area (TPSA) is 69.3 Å². The number of para-hydroxylation sites is 3. The lowest BCUT2D eigenvalue weighted by Crippen LogP contribution is -2.43. The summed E-state index contributed by atoms with van der Waals surface area (Å²) in [5, 5.41) is 3.48. The predicted molar refractivity (Wildman–Crippen MR) is 119 cm³/mol. The molecule has 31 heavy (non-hydrogen) atoms. The fraction of sp³-hybridized carbons (Fsp3) is 0.208. The summed E-state index contributed by atoms with van der Waals surface area (Å²) in [6, 6.07) is 18.5. The molecule has 1 aliphatic rings. The van der Waals surface area contributed by atoms with Gasteiger partial charge in [-0.3, -0.25) is 9.69 Å². The fourth-order valence-electron chi connectivity index (χ4n) is 3.82. The lowest BCUT2D eigenvalue weighted by molar-refractivity contribution is 0.0974. The summed E-state index contributed by atoms with van der Waals surface area (Å²) in [5.41, 5.74) is 2.74. The van der Waals surface area contributed by atoms with Gasteiger partial charge in [-0.05, 0) is 36.4 Å². The third-order valence-corrected chi connectivity index (χ3v) is 5.27. The molecule has 7 nitrogen and oxygen atoms in total. The maximum Gasteiger partial charge on any atom is 0.262 e. The van der Waals surface area contributed by atoms with Crippen molar-refractivity contribution in [1.29, 1.82) is 0 Å². The first-order chi connectivity index (χ1) is 15.1. The van der Waals surface area contributed by atoms with Gasteiger partial charge in [-0.15, -0.1) is 0 Å². The van der Waals surface area contributed by atoms with Gasteiger partial charge in [-0.1, -0.05) is 24.3 Å². The number of carbonyl (C=O) groups is 1. The van der Waals surface area contributed by atoms with Crippen molar-refractivity contribution in [3.63, 3.8) is 0 Å². The molecule has 0 bridgehead atoms. The zero-order valence-electron chi connectivity index (χ0n) is 17.8. The van der Waals surface area contributed by atoms with E-state index >= 15 is 0 Å². The lowest BCUT2D eigenvalue weighted by Gasteiger charge is -2.38. The molecular weight excluding hydrogens is 396 g/mol. The van der Waals surface area contributed by atoms with Crippen molar-refractivity contribution in [2.45, 2.75) is 6.17 Å². The smallest absolute Gasteiger partial charge is 0.262 e. The minimum atomic E-state index is -0.535. The van der Waals surface area contributed by atoms with Crippen molar-refractivity contribution in [2.75, 3.05) is 38.7 Å². The summed E-state index contributed by atoms with van der Waals surface area (Å²) >= 11 is 0. The summed E-state index contributed by atoms with van der Waals surface area (Å²) < 4.78 is 22.1. The largest absolute Gasteiger partial charge is 0.495 e. The SMILES string of the molecule is COc1ccccc1N1C(=O)c2ccccc2N[C@@H]1c1cc(OC)c(OC)c(OC)c1. The fourth-order valence-corrected chi connectivity index (χ4v) is 3.82. The number of nitrogens with zero attached hydrogens (tertiary/aromatic N) is 1. The van der Waals surface area contributed by atoms with Crippen LogP contribution < -0.4 is 29.2 Å². The number of ether oxygens (including phenoxy) is 4. The van der Waals surface area contributed by atoms with Gasteiger partial charge in [0.05, 0.1) is 39.7 Å². The molecule has 0 unspecified atom stereocenters. The van der Waals surface area contributed by atoms with Crippen LogP contribution in [0.25, 0.3) is 0 Å². The van der Waals surface area contributed by atoms with Gasteiger partial charge in [0.1, 0.15) is 11.9 Å². The number of rotatable bonds is 6. The normalized spacial score (nSPS) is 15.0. The van der Waals surface area contributed by atoms with Gasteiger partial charge < -0.3 is 24.3 Å². The Labute approximate surface area is 181 Å². The maximum absolute atomic E-state index is 13.6. The van der Waals surface area contributed by atoms with Crippen LogP contribution in [0.2, 0.25) is 0 Å². The molecule has 0 fully saturated rings. The summed E-state index contributed by atoms with van der Waals surface area (Å²) in [7, 11) is 6.27. The van der Waals surface area contributed by atoms with E-state index in [0.717, 1.165) is 11.3 Å². The second kappa shape index (κ2) is 8.47. The standard InChI is InChI=1S/C24H24N2O5/c1-28-19-12-8-7-11-18(19)26-23(25-17-10-6-5-9-16(17)24(26)27)15-13-20(29-2)22(31-4)21(14-15)30-3/h5-14,23,25H,1-4H3/t23-/m0/s1. The van der Waals surface area contributed by atoms with Crippen LogP contribution >= 0.6 is 0 Å². The predicted octanol–water partition coefficient (Wildman–Crippen LogP) is 4.49. The van der Waals surface area contributed by atoms with E-state index in [9.17, 15) is 4.79 Å². The van der Waals surface area contributed by atoms with Gasteiger partial charge in [0.15, 0.2) is 11.5 Å². The highest BCUT2D eigenvalue weighted by atomic mass is 16.5. The monoisotopic (exact) mass is 420 g/mol. The van der Waals surface area contributed by atoms with E-state index in [0.29, 0.717) is 34.2 Å². The number of hydrogen-bond acceptors (Lipinski definition) is 6. The van der Waals surface area contributed by atoms with Crippen LogP contribution in [-0.2, 0) is 0 Å². The van der Waals surface area contributed by atoms with Crippen LogP contribution in [0.4, 0.5) is 11.4 Å². The van der Waals surface area contributed by atoms with Crippen LogP contribution in [0.15, 0.2) is 60.7 Å². The van der Waals surface area contributed by atoms with E-state index in [1.807, 2.05) is 54.6 Å². The summed E-state index contributed by atoms with van der Waals surface area (Å²) in [6.45, 7) is 0. The van der Waals surface area contributed by atoms with Gasteiger partial charge in [0.2, 0.25) is 5.75 Å². The molecule has 0 radical (unpaired) electrons. The highest BCUT2D eigenvalue weighted by molar-refractivity contribution is 6.12. The molecule has 1 N–H and O–H groups in total. The molecule has 3 aromatic carbocycles. The second-order valence-electron chi connectivity index (χ2n) is 6.90. The van der Waals surface area contributed by atoms with Gasteiger partial charge in [-0.2, -0.15) is 0 Å². The molecule has 160 valence electrons. The summed E-state index contributed by atoms with van der Waals surface area (Å²) in [4.78, 5) is 15.3. The Morgan fingerprint density at radius 1 is 0.774 bits per heavy atom. The minimum Gasteiger partial charge on any atom is -0.495 e. The first-order valence-electron chi connectivity index (χ1n) is 9.75. The van der Waals surface area contributed by atoms with Gasteiger partial charge in [0, 0.05) is 11.3 Å². The summed E-state index contributed by atoms with van der Waals surface area (Å²) in [6.07, 6.45) is -0.535. The average molecular weight is 420 g/mol. The van der Waals surface area contributed by atoms with Crippen molar-refractivity contribution in [2.24, 2.45) is 0 Å². The molecule has 1 aliphatic heterocycles. The third-order valence-electron chi connectivity index (χ3n) is 5.27. The second-order valence-corrected chi connectivity index (χ2v) is 6.90. The molecule has 0 aliphatic carbocycles. The molecule has 4 rings (SSSR count). The maximum atomic E-state index is 13.6. The molecule has 1 heterocycles. The molecule has 3 aromatic rings. The van der Waals surface area contributed by atoms with E-state index in [-0.39, 0.29) is 5.91 Å². The van der Waals surface area contributed by atoms with E-state index in [2.05, 4.69) is 5.32 Å². The number of amides is 1. The lowest BCUT2D eigenvalue weighted by atomic mass is 10.0. The van der Waals surface area contributed by atoms with Crippen LogP contribution in [-0.4, -0.2) is 34.3 Å². The van der Waals surface area contributed by atoms with E-state index in [1.165, 1.54) is 0 Å². The highest BCUT2D eigenvalue weighted by Gasteiger charge is 2.36. The number of anilines is 2. The Hall–Kier alpha value is -3.87. The number of benzene rings is 3. The minimum absolute atomic E-state index is 0.141. The summed E-state index contributed by atoms with van der Waals surface area (Å²) in [5.74, 6) is 1.95. The molecule has 7 heteroatoms. The molecule has 1 amide bonds. The number of nitrogens with one attached hydrogen (secondary N) is 1. The van der Waals surface area contributed by atoms with Crippen molar-refractivity contribution in [3.05, 3.63) is 71.8 Å². The molecule has 0 saturated heterocycles. The van der Waals surface area contributed by atoms with Gasteiger partial charge in [-0.25, -0.2) is 0 Å². The van der Waals surface area contributed by atoms with Crippen LogP contribution in [0.1, 0.15) is 22.1 Å². The Morgan fingerprint density at radius 2 is 1.39 bits per heavy atom. The van der Waals surface area contributed by atoms with Crippen molar-refractivity contribution >= 4 is 17.3 Å². The zero-order chi connectivity index (χ0) is 22.0. The van der Waals surface area contributed by atoms with Crippen LogP contribution in [0.3, 0.4) is 0 Å². The molecule has 0 spiro atoms. The quantitative estimate of drug-likeness (QED) is 0.634. The molecule has 1 atom stereocenters. The van der Waals surface area contributed by atoms with Crippen molar-refractivity contribution < 1.29 is 23.7 Å². The van der Waals surface area contributed by atoms with Gasteiger partial charge in [0.25, 0.3) is 5.91 Å². The van der Waals surface area contributed by atoms with Crippen molar-refractivity contribution in [3.8, 4) is 23.0 Å². The third kappa shape index (κ3) is 3.48. The zero-order valence-corrected chi connectivity index (χ0v) is 17.8. The van der Waals surface area contributed by atoms with E-state index < -0.39 is 6.17 Å². The molecular formula is C24H24N2O5. The highest BCUT2D eigenvalue weighted by Crippen LogP contribution is 2.45. The van der Waals surface area contributed by atoms with Crippen LogP contribution in [0, 0.1) is 0 Å². The number of hydrogen-bond donors (Lipinski definition) is 1. The van der Waals surface area contributed by atoms with Gasteiger partial charge >= 0.3 is 0 Å². The number of fused-ring (bicyclic) bond motifs is 1. The number of methoxy groups -OCH3 is 4. The Kier molecular flexibility index (Phi) is 5.58. The first-order valence-corrected chi connectivity index (χ1v) is 9.75. The Bertz CT molecular complexity index is 1090. The Morgan fingerprint density at radius 3 is 2.03 bits per heavy atom. The Balaban J connectivity index is 1.93. The van der Waals surface area contributed by atoms with Crippen LogP contribution in [0.5, 0.6) is 23.0 Å². The van der Waals surface area contributed by atoms with Crippen molar-refractivity contribution in [1.82, 2.24) is 0 Å². The van der Waals surface area contributed by atoms with E-state index in [1.54, 1.807) is 39.4 Å². The number of carbonyl (C=O) groups excluding carboxylic acids is 1. The average Bonchev–Trinajstić information content (AvgIpc) is 2.83.